The Balaban J connectivity index is 2.08. The third-order valence-electron chi connectivity index (χ3n) is 4.36. The number of alkyl carbamates (subject to hydrolysis) is 1. The number of aromatic nitrogens is 1. The minimum atomic E-state index is -0.648. The van der Waals surface area contributed by atoms with Gasteiger partial charge in [0.25, 0.3) is 0 Å². The highest BCUT2D eigenvalue weighted by Gasteiger charge is 2.21. The van der Waals surface area contributed by atoms with Crippen LogP contribution in [0.15, 0.2) is 36.5 Å². The van der Waals surface area contributed by atoms with Crippen molar-refractivity contribution in [2.75, 3.05) is 19.0 Å². The summed E-state index contributed by atoms with van der Waals surface area (Å²) in [6, 6.07) is 7.53. The van der Waals surface area contributed by atoms with Gasteiger partial charge < -0.3 is 19.5 Å². The number of methoxy groups -OCH3 is 1. The minimum Gasteiger partial charge on any atom is -0.488 e. The Morgan fingerprint density at radius 2 is 1.79 bits per heavy atom. The lowest BCUT2D eigenvalue weighted by Gasteiger charge is -2.24. The van der Waals surface area contributed by atoms with Crippen molar-refractivity contribution in [1.82, 2.24) is 10.3 Å². The van der Waals surface area contributed by atoms with E-state index in [0.29, 0.717) is 23.5 Å². The van der Waals surface area contributed by atoms with Crippen LogP contribution in [-0.2, 0) is 9.47 Å². The number of benzene rings is 1. The summed E-state index contributed by atoms with van der Waals surface area (Å²) in [5.41, 5.74) is 0.626. The average molecular weight is 462 g/mol. The van der Waals surface area contributed by atoms with Gasteiger partial charge in [0.15, 0.2) is 11.6 Å². The topological polar surface area (TPSA) is 98.8 Å². The first-order valence-electron chi connectivity index (χ1n) is 10.7. The van der Waals surface area contributed by atoms with Crippen molar-refractivity contribution < 1.29 is 28.2 Å². The highest BCUT2D eigenvalue weighted by molar-refractivity contribution is 5.84. The van der Waals surface area contributed by atoms with Crippen molar-refractivity contribution in [1.29, 1.82) is 0 Å². The zero-order valence-corrected chi connectivity index (χ0v) is 19.9. The predicted molar refractivity (Wildman–Crippen MR) is 124 cm³/mol. The molecule has 2 rings (SSSR count). The van der Waals surface area contributed by atoms with E-state index in [1.807, 2.05) is 13.8 Å². The van der Waals surface area contributed by atoms with Crippen LogP contribution in [0.4, 0.5) is 19.8 Å². The van der Waals surface area contributed by atoms with Crippen LogP contribution in [-0.4, -0.2) is 42.5 Å². The van der Waals surface area contributed by atoms with Crippen LogP contribution in [0.1, 0.15) is 41.0 Å². The van der Waals surface area contributed by atoms with Crippen molar-refractivity contribution in [2.45, 2.75) is 52.7 Å². The standard InChI is InChI=1S/C24H32FN3O5/c1-15(2)11-18(27-23(30)33-24(3,4)5)14-32-20-8-7-16(12-19(20)25)17-9-10-26-21(13-17)28-22(29)31-6/h7-10,12-13,15,18H,11,14H2,1-6H3,(H,27,30)(H,26,28,29)/t18-/m0/s1. The Hall–Kier alpha value is -3.36. The molecule has 2 amide bonds. The molecule has 0 bridgehead atoms. The molecule has 0 aliphatic carbocycles. The molecule has 33 heavy (non-hydrogen) atoms. The quantitative estimate of drug-likeness (QED) is 0.547. The van der Waals surface area contributed by atoms with Crippen LogP contribution in [0.2, 0.25) is 0 Å². The number of hydrogen-bond acceptors (Lipinski definition) is 6. The molecule has 9 heteroatoms. The Morgan fingerprint density at radius 3 is 2.39 bits per heavy atom. The number of carbonyl (C=O) groups excluding carboxylic acids is 2. The molecule has 1 atom stereocenters. The minimum absolute atomic E-state index is 0.0699. The summed E-state index contributed by atoms with van der Waals surface area (Å²) in [5, 5.41) is 5.27. The summed E-state index contributed by atoms with van der Waals surface area (Å²) >= 11 is 0. The maximum absolute atomic E-state index is 14.8. The van der Waals surface area contributed by atoms with Crippen LogP contribution in [0.25, 0.3) is 11.1 Å². The van der Waals surface area contributed by atoms with Gasteiger partial charge in [-0.1, -0.05) is 19.9 Å². The normalized spacial score (nSPS) is 12.1. The van der Waals surface area contributed by atoms with Crippen molar-refractivity contribution >= 4 is 18.0 Å². The number of anilines is 1. The second-order valence-electron chi connectivity index (χ2n) is 8.98. The van der Waals surface area contributed by atoms with E-state index in [2.05, 4.69) is 20.4 Å². The molecule has 1 aromatic carbocycles. The van der Waals surface area contributed by atoms with Crippen LogP contribution in [0, 0.1) is 11.7 Å². The lowest BCUT2D eigenvalue weighted by atomic mass is 10.0. The highest BCUT2D eigenvalue weighted by Crippen LogP contribution is 2.27. The maximum Gasteiger partial charge on any atom is 0.412 e. The highest BCUT2D eigenvalue weighted by atomic mass is 19.1. The smallest absolute Gasteiger partial charge is 0.412 e. The van der Waals surface area contributed by atoms with Gasteiger partial charge in [0.2, 0.25) is 0 Å². The monoisotopic (exact) mass is 461 g/mol. The number of rotatable bonds is 8. The molecule has 2 N–H and O–H groups in total. The number of nitrogens with one attached hydrogen (secondary N) is 2. The fourth-order valence-electron chi connectivity index (χ4n) is 3.03. The molecule has 0 spiro atoms. The fourth-order valence-corrected chi connectivity index (χ4v) is 3.03. The number of carbonyl (C=O) groups is 2. The summed E-state index contributed by atoms with van der Waals surface area (Å²) in [6.07, 6.45) is 0.959. The van der Waals surface area contributed by atoms with E-state index >= 15 is 0 Å². The SMILES string of the molecule is COC(=O)Nc1cc(-c2ccc(OC[C@H](CC(C)C)NC(=O)OC(C)(C)C)c(F)c2)ccn1. The molecule has 1 heterocycles. The van der Waals surface area contributed by atoms with Crippen LogP contribution in [0.5, 0.6) is 5.75 Å². The Morgan fingerprint density at radius 1 is 1.09 bits per heavy atom. The Bertz CT molecular complexity index is 959. The summed E-state index contributed by atoms with van der Waals surface area (Å²) in [5.74, 6) is 0.0953. The van der Waals surface area contributed by atoms with E-state index in [1.54, 1.807) is 39.0 Å². The summed E-state index contributed by atoms with van der Waals surface area (Å²) in [4.78, 5) is 27.6. The van der Waals surface area contributed by atoms with E-state index in [-0.39, 0.29) is 24.2 Å². The van der Waals surface area contributed by atoms with Gasteiger partial charge >= 0.3 is 12.2 Å². The predicted octanol–water partition coefficient (Wildman–Crippen LogP) is 5.38. The summed E-state index contributed by atoms with van der Waals surface area (Å²) < 4.78 is 30.3. The Labute approximate surface area is 193 Å². The molecule has 2 aromatic rings. The molecular formula is C24H32FN3O5. The summed E-state index contributed by atoms with van der Waals surface area (Å²) in [6.45, 7) is 9.50. The number of nitrogens with zero attached hydrogens (tertiary/aromatic N) is 1. The molecule has 0 unspecified atom stereocenters. The number of amides is 2. The van der Waals surface area contributed by atoms with Crippen molar-refractivity contribution in [3.05, 3.63) is 42.3 Å². The van der Waals surface area contributed by atoms with Crippen LogP contribution in [0.3, 0.4) is 0 Å². The molecule has 0 saturated heterocycles. The molecule has 180 valence electrons. The van der Waals surface area contributed by atoms with Gasteiger partial charge in [-0.3, -0.25) is 5.32 Å². The zero-order chi connectivity index (χ0) is 24.6. The van der Waals surface area contributed by atoms with E-state index in [9.17, 15) is 14.0 Å². The Kier molecular flexibility index (Phi) is 9.02. The zero-order valence-electron chi connectivity index (χ0n) is 19.9. The molecule has 0 saturated carbocycles. The third-order valence-corrected chi connectivity index (χ3v) is 4.36. The third kappa shape index (κ3) is 8.96. The van der Waals surface area contributed by atoms with E-state index in [0.717, 1.165) is 0 Å². The second-order valence-corrected chi connectivity index (χ2v) is 8.98. The van der Waals surface area contributed by atoms with Crippen LogP contribution >= 0.6 is 0 Å². The molecule has 0 aliphatic rings. The van der Waals surface area contributed by atoms with Crippen molar-refractivity contribution in [3.63, 3.8) is 0 Å². The van der Waals surface area contributed by atoms with Gasteiger partial charge in [-0.15, -0.1) is 0 Å². The molecular weight excluding hydrogens is 429 g/mol. The molecule has 0 aliphatic heterocycles. The maximum atomic E-state index is 14.8. The first-order chi connectivity index (χ1) is 15.5. The van der Waals surface area contributed by atoms with E-state index in [1.165, 1.54) is 25.4 Å². The first-order valence-corrected chi connectivity index (χ1v) is 10.7. The van der Waals surface area contributed by atoms with Crippen LogP contribution < -0.4 is 15.4 Å². The van der Waals surface area contributed by atoms with Gasteiger partial charge in [-0.05, 0) is 68.5 Å². The van der Waals surface area contributed by atoms with E-state index in [4.69, 9.17) is 9.47 Å². The van der Waals surface area contributed by atoms with Crippen molar-refractivity contribution in [3.8, 4) is 16.9 Å². The van der Waals surface area contributed by atoms with E-state index < -0.39 is 23.6 Å². The average Bonchev–Trinajstić information content (AvgIpc) is 2.71. The van der Waals surface area contributed by atoms with Gasteiger partial charge in [0, 0.05) is 6.20 Å². The molecule has 0 fully saturated rings. The largest absolute Gasteiger partial charge is 0.488 e. The molecule has 8 nitrogen and oxygen atoms in total. The lowest BCUT2D eigenvalue weighted by Crippen LogP contribution is -2.42. The van der Waals surface area contributed by atoms with Crippen molar-refractivity contribution in [2.24, 2.45) is 5.92 Å². The molecule has 1 aromatic heterocycles. The lowest BCUT2D eigenvalue weighted by molar-refractivity contribution is 0.0479. The first kappa shape index (κ1) is 25.9. The number of halogens is 1. The number of pyridine rings is 1. The van der Waals surface area contributed by atoms with Gasteiger partial charge in [0.1, 0.15) is 18.0 Å². The number of ether oxygens (including phenoxy) is 3. The fraction of sp³-hybridized carbons (Fsp3) is 0.458. The molecule has 0 radical (unpaired) electrons. The summed E-state index contributed by atoms with van der Waals surface area (Å²) in [7, 11) is 1.25. The van der Waals surface area contributed by atoms with Gasteiger partial charge in [-0.25, -0.2) is 19.0 Å². The van der Waals surface area contributed by atoms with Gasteiger partial charge in [0.05, 0.1) is 13.2 Å². The van der Waals surface area contributed by atoms with Gasteiger partial charge in [-0.2, -0.15) is 0 Å². The number of hydrogen-bond donors (Lipinski definition) is 2. The second kappa shape index (κ2) is 11.5.